The van der Waals surface area contributed by atoms with Gasteiger partial charge in [0, 0.05) is 98.5 Å². The zero-order valence-electron chi connectivity index (χ0n) is 47.8. The van der Waals surface area contributed by atoms with Crippen molar-refractivity contribution in [3.8, 4) is 28.7 Å². The number of aryl methyl sites for hydroxylation is 1. The number of hydrogen-bond donors (Lipinski definition) is 7. The van der Waals surface area contributed by atoms with Crippen LogP contribution in [0.1, 0.15) is 88.0 Å². The van der Waals surface area contributed by atoms with Crippen molar-refractivity contribution < 1.29 is 53.6 Å². The standard InChI is InChI=1S/C62H71N11O12/c1-61(65-25-7-9-39-13-18-51(84-3)50(33-39)72-29-22-52(76)73(60(72)83)38-64-56(79)49(35-53(77)78)66-48(58(81)82)12-8-32-74)23-30-70(31-24-61)42-20-27-71(28-21-42)59-67-47-17-14-40(46-36-69(2)57(80)54-44(46)19-26-63-54)34-45(47)55(68-59)62(37-75,85-43-15-16-43)41-10-5-4-6-11-41/h4-6,10-11,13-14,17-19,26,32-34,36,42-43,48-49,63,65-66,75H,8,12,15-16,20-25,27-31,35,37-38H2,1-3H3,(H,64,79)(H,77,78)(H,81,82)/t48?,49-,62-/m0/s1. The first kappa shape index (κ1) is 59.6. The van der Waals surface area contributed by atoms with Gasteiger partial charge < -0.3 is 59.6 Å². The van der Waals surface area contributed by atoms with Gasteiger partial charge in [0.25, 0.3) is 5.56 Å². The van der Waals surface area contributed by atoms with Crippen LogP contribution in [0.4, 0.5) is 16.4 Å². The van der Waals surface area contributed by atoms with Gasteiger partial charge in [0.1, 0.15) is 30.3 Å². The van der Waals surface area contributed by atoms with E-state index in [9.17, 15) is 48.9 Å². The molecule has 85 heavy (non-hydrogen) atoms. The molecule has 4 fully saturated rings. The van der Waals surface area contributed by atoms with E-state index in [1.54, 1.807) is 36.0 Å². The van der Waals surface area contributed by atoms with Gasteiger partial charge in [-0.2, -0.15) is 0 Å². The van der Waals surface area contributed by atoms with Gasteiger partial charge >= 0.3 is 18.0 Å². The number of H-pyrrole nitrogens is 1. The third kappa shape index (κ3) is 13.1. The summed E-state index contributed by atoms with van der Waals surface area (Å²) in [5.74, 6) is 3.03. The minimum atomic E-state index is -1.55. The van der Waals surface area contributed by atoms with Crippen molar-refractivity contribution in [1.29, 1.82) is 0 Å². The summed E-state index contributed by atoms with van der Waals surface area (Å²) in [7, 11) is 3.19. The van der Waals surface area contributed by atoms with E-state index in [2.05, 4.69) is 55.6 Å². The second kappa shape index (κ2) is 25.8. The summed E-state index contributed by atoms with van der Waals surface area (Å²) in [4.78, 5) is 108. The summed E-state index contributed by atoms with van der Waals surface area (Å²) in [6.45, 7) is 4.96. The van der Waals surface area contributed by atoms with Crippen molar-refractivity contribution in [2.45, 2.75) is 107 Å². The minimum absolute atomic E-state index is 0.00409. The summed E-state index contributed by atoms with van der Waals surface area (Å²) in [6, 6.07) is 19.6. The highest BCUT2D eigenvalue weighted by molar-refractivity contribution is 6.06. The van der Waals surface area contributed by atoms with Gasteiger partial charge in [-0.1, -0.05) is 48.2 Å². The van der Waals surface area contributed by atoms with Gasteiger partial charge in [-0.3, -0.25) is 34.2 Å². The Hall–Kier alpha value is -8.53. The Morgan fingerprint density at radius 1 is 0.929 bits per heavy atom. The molecule has 1 unspecified atom stereocenters. The number of amides is 4. The van der Waals surface area contributed by atoms with E-state index in [0.29, 0.717) is 53.0 Å². The SMILES string of the molecule is COc1ccc(C#CCNC2(C)CCN(C3CCN(c4nc([C@@](CO)(OC5CC5)c5ccccc5)c5cc(-c6cn(C)c(=O)c7[nH]ccc67)ccc5n4)CC3)CC2)cc1N1CCC(=O)N(CNC(=O)[C@H](CC(=O)O)NC(CCC=O)C(=O)O)C1=O. The van der Waals surface area contributed by atoms with Crippen LogP contribution < -0.4 is 36.0 Å². The average Bonchev–Trinajstić information content (AvgIpc) is 2.38. The number of carboxylic acid groups (broad SMARTS) is 2. The number of imide groups is 1. The zero-order chi connectivity index (χ0) is 60.0. The minimum Gasteiger partial charge on any atom is -0.495 e. The van der Waals surface area contributed by atoms with Crippen molar-refractivity contribution >= 4 is 69.5 Å². The topological polar surface area (TPSA) is 294 Å². The molecule has 6 heterocycles. The van der Waals surface area contributed by atoms with Gasteiger partial charge in [0.2, 0.25) is 17.8 Å². The van der Waals surface area contributed by atoms with Crippen LogP contribution in [0, 0.1) is 11.8 Å². The van der Waals surface area contributed by atoms with Gasteiger partial charge in [-0.15, -0.1) is 0 Å². The Morgan fingerprint density at radius 2 is 1.69 bits per heavy atom. The fraction of sp³-hybridized carbons (Fsp3) is 0.435. The highest BCUT2D eigenvalue weighted by Gasteiger charge is 2.44. The summed E-state index contributed by atoms with van der Waals surface area (Å²) >= 11 is 0. The quantitative estimate of drug-likeness (QED) is 0.0344. The lowest BCUT2D eigenvalue weighted by Gasteiger charge is -2.45. The number of aldehydes is 1. The van der Waals surface area contributed by atoms with Crippen LogP contribution in [-0.4, -0.2) is 170 Å². The number of urea groups is 1. The lowest BCUT2D eigenvalue weighted by molar-refractivity contribution is -0.143. The molecule has 3 atom stereocenters. The molecule has 7 N–H and O–H groups in total. The molecule has 1 saturated carbocycles. The van der Waals surface area contributed by atoms with Crippen molar-refractivity contribution in [3.63, 3.8) is 0 Å². The monoisotopic (exact) mass is 1160 g/mol. The van der Waals surface area contributed by atoms with Crippen LogP contribution in [0.25, 0.3) is 32.9 Å². The van der Waals surface area contributed by atoms with E-state index < -0.39 is 60.6 Å². The maximum absolute atomic E-state index is 13.9. The average molecular weight is 1160 g/mol. The molecule has 3 aromatic carbocycles. The van der Waals surface area contributed by atoms with E-state index in [1.807, 2.05) is 54.7 Å². The molecule has 3 aromatic heterocycles. The molecule has 0 bridgehead atoms. The van der Waals surface area contributed by atoms with Crippen LogP contribution in [-0.2, 0) is 41.4 Å². The van der Waals surface area contributed by atoms with Gasteiger partial charge in [-0.25, -0.2) is 19.7 Å². The lowest BCUT2D eigenvalue weighted by Crippen LogP contribution is -2.58. The fourth-order valence-electron chi connectivity index (χ4n) is 11.8. The smallest absolute Gasteiger partial charge is 0.332 e. The van der Waals surface area contributed by atoms with E-state index in [0.717, 1.165) is 103 Å². The van der Waals surface area contributed by atoms with Crippen molar-refractivity contribution in [2.75, 3.05) is 69.5 Å². The highest BCUT2D eigenvalue weighted by Crippen LogP contribution is 2.44. The number of fused-ring (bicyclic) bond motifs is 2. The molecule has 0 spiro atoms. The normalized spacial score (nSPS) is 18.1. The van der Waals surface area contributed by atoms with E-state index in [-0.39, 0.29) is 49.6 Å². The first-order valence-corrected chi connectivity index (χ1v) is 28.8. The second-order valence-electron chi connectivity index (χ2n) is 22.5. The molecular formula is C62H71N11O12. The molecule has 0 radical (unpaired) electrons. The predicted molar refractivity (Wildman–Crippen MR) is 316 cm³/mol. The number of nitrogens with one attached hydrogen (secondary N) is 4. The van der Waals surface area contributed by atoms with Crippen molar-refractivity contribution in [1.82, 2.24) is 45.3 Å². The number of aromatic nitrogens is 4. The van der Waals surface area contributed by atoms with Crippen LogP contribution in [0.2, 0.25) is 0 Å². The molecule has 3 aliphatic heterocycles. The summed E-state index contributed by atoms with van der Waals surface area (Å²) < 4.78 is 14.1. The number of carbonyl (C=O) groups is 6. The van der Waals surface area contributed by atoms with Gasteiger partial charge in [-0.05, 0) is 99.4 Å². The molecule has 446 valence electrons. The maximum Gasteiger partial charge on any atom is 0.332 e. The van der Waals surface area contributed by atoms with Gasteiger partial charge in [0.15, 0.2) is 5.60 Å². The van der Waals surface area contributed by atoms with E-state index >= 15 is 0 Å². The second-order valence-corrected chi connectivity index (χ2v) is 22.5. The first-order valence-electron chi connectivity index (χ1n) is 28.8. The van der Waals surface area contributed by atoms with Crippen molar-refractivity contribution in [3.05, 3.63) is 112 Å². The summed E-state index contributed by atoms with van der Waals surface area (Å²) in [5, 5.41) is 40.7. The Balaban J connectivity index is 0.772. The fourth-order valence-corrected chi connectivity index (χ4v) is 11.8. The van der Waals surface area contributed by atoms with E-state index in [4.69, 9.17) is 19.4 Å². The number of carboxylic acids is 2. The first-order chi connectivity index (χ1) is 41.0. The highest BCUT2D eigenvalue weighted by atomic mass is 16.5. The number of nitrogens with zero attached hydrogens (tertiary/aromatic N) is 7. The Bertz CT molecular complexity index is 3620. The number of ether oxygens (including phenoxy) is 2. The molecule has 3 saturated heterocycles. The number of aliphatic hydroxyl groups is 1. The summed E-state index contributed by atoms with van der Waals surface area (Å²) in [6.07, 6.45) is 8.30. The Kier molecular flexibility index (Phi) is 18.1. The number of likely N-dealkylation sites (tertiary alicyclic amines) is 1. The molecule has 6 aromatic rings. The van der Waals surface area contributed by atoms with E-state index in [1.165, 1.54) is 12.0 Å². The molecule has 10 rings (SSSR count). The summed E-state index contributed by atoms with van der Waals surface area (Å²) in [5.41, 5.74) is 3.79. The third-order valence-electron chi connectivity index (χ3n) is 16.8. The largest absolute Gasteiger partial charge is 0.495 e. The van der Waals surface area contributed by atoms with Crippen LogP contribution in [0.3, 0.4) is 0 Å². The van der Waals surface area contributed by atoms with Gasteiger partial charge in [0.05, 0.1) is 55.7 Å². The van der Waals surface area contributed by atoms with Crippen LogP contribution in [0.15, 0.2) is 90.0 Å². The third-order valence-corrected chi connectivity index (χ3v) is 16.8. The Labute approximate surface area is 490 Å². The Morgan fingerprint density at radius 3 is 2.39 bits per heavy atom. The number of pyridine rings is 1. The van der Waals surface area contributed by atoms with Crippen LogP contribution in [0.5, 0.6) is 5.75 Å². The van der Waals surface area contributed by atoms with Crippen molar-refractivity contribution in [2.24, 2.45) is 7.05 Å². The number of aliphatic hydroxyl groups excluding tert-OH is 1. The number of rotatable bonds is 23. The number of piperidine rings is 2. The molecular weight excluding hydrogens is 1090 g/mol. The predicted octanol–water partition coefficient (Wildman–Crippen LogP) is 4.46. The number of methoxy groups -OCH3 is 1. The zero-order valence-corrected chi connectivity index (χ0v) is 47.8. The number of hydrogen-bond acceptors (Lipinski definition) is 16. The number of anilines is 2. The number of aromatic amines is 1. The maximum atomic E-state index is 13.9. The molecule has 4 aliphatic rings. The molecule has 1 aliphatic carbocycles. The lowest BCUT2D eigenvalue weighted by atomic mass is 9.87. The molecule has 23 nitrogen and oxygen atoms in total. The number of benzene rings is 3. The van der Waals surface area contributed by atoms with Crippen LogP contribution >= 0.6 is 0 Å². The molecule has 4 amide bonds. The number of aliphatic carboxylic acids is 2. The molecule has 23 heteroatoms. The number of carbonyl (C=O) groups excluding carboxylic acids is 4.